The Kier molecular flexibility index (Phi) is 5.25. The normalized spacial score (nSPS) is 25.8. The van der Waals surface area contributed by atoms with Crippen molar-refractivity contribution in [2.24, 2.45) is 22.5 Å². The molecule has 108 valence electrons. The van der Waals surface area contributed by atoms with Gasteiger partial charge in [0.05, 0.1) is 0 Å². The molecule has 2 heteroatoms. The van der Waals surface area contributed by atoms with E-state index in [1.165, 1.54) is 32.4 Å². The summed E-state index contributed by atoms with van der Waals surface area (Å²) in [6.45, 7) is 17.4. The highest BCUT2D eigenvalue weighted by Crippen LogP contribution is 2.34. The predicted molar refractivity (Wildman–Crippen MR) is 80.7 cm³/mol. The summed E-state index contributed by atoms with van der Waals surface area (Å²) in [6.07, 6.45) is 4.05. The van der Waals surface area contributed by atoms with Gasteiger partial charge in [-0.15, -0.1) is 0 Å². The van der Waals surface area contributed by atoms with E-state index < -0.39 is 0 Å². The van der Waals surface area contributed by atoms with Crippen molar-refractivity contribution in [2.45, 2.75) is 66.8 Å². The lowest BCUT2D eigenvalue weighted by atomic mass is 9.77. The number of nitrogens with zero attached hydrogens (tertiary/aromatic N) is 1. The molecular weight excluding hydrogens is 220 g/mol. The van der Waals surface area contributed by atoms with Crippen LogP contribution in [0.3, 0.4) is 0 Å². The Balaban J connectivity index is 2.48. The zero-order valence-corrected chi connectivity index (χ0v) is 13.4. The molecule has 2 unspecified atom stereocenters. The van der Waals surface area contributed by atoms with Crippen LogP contribution in [0, 0.1) is 16.7 Å². The lowest BCUT2D eigenvalue weighted by Crippen LogP contribution is -2.45. The Hall–Kier alpha value is -0.0800. The second kappa shape index (κ2) is 5.92. The summed E-state index contributed by atoms with van der Waals surface area (Å²) < 4.78 is 0. The summed E-state index contributed by atoms with van der Waals surface area (Å²) in [4.78, 5) is 2.58. The smallest absolute Gasteiger partial charge is 0.0217 e. The molecule has 2 N–H and O–H groups in total. The van der Waals surface area contributed by atoms with Gasteiger partial charge in [-0.1, -0.05) is 41.5 Å². The zero-order valence-electron chi connectivity index (χ0n) is 13.4. The largest absolute Gasteiger partial charge is 0.326 e. The Morgan fingerprint density at radius 1 is 1.06 bits per heavy atom. The molecule has 1 heterocycles. The van der Waals surface area contributed by atoms with E-state index in [9.17, 15) is 0 Å². The molecule has 18 heavy (non-hydrogen) atoms. The van der Waals surface area contributed by atoms with Crippen molar-refractivity contribution in [3.05, 3.63) is 0 Å². The molecule has 1 rings (SSSR count). The van der Waals surface area contributed by atoms with Crippen LogP contribution in [0.25, 0.3) is 0 Å². The highest BCUT2D eigenvalue weighted by Gasteiger charge is 2.29. The van der Waals surface area contributed by atoms with Crippen LogP contribution in [0.2, 0.25) is 0 Å². The molecule has 0 aliphatic carbocycles. The number of likely N-dealkylation sites (tertiary alicyclic amines) is 1. The van der Waals surface area contributed by atoms with Gasteiger partial charge in [0, 0.05) is 12.6 Å². The molecule has 1 aliphatic heterocycles. The van der Waals surface area contributed by atoms with Crippen LogP contribution in [0.4, 0.5) is 0 Å². The zero-order chi connectivity index (χ0) is 14.0. The fourth-order valence-electron chi connectivity index (χ4n) is 2.76. The van der Waals surface area contributed by atoms with Crippen molar-refractivity contribution in [3.8, 4) is 0 Å². The van der Waals surface area contributed by atoms with E-state index in [0.717, 1.165) is 12.5 Å². The van der Waals surface area contributed by atoms with Gasteiger partial charge in [0.25, 0.3) is 0 Å². The maximum absolute atomic E-state index is 6.31. The molecule has 0 bridgehead atoms. The maximum Gasteiger partial charge on any atom is 0.0217 e. The first kappa shape index (κ1) is 16.0. The summed E-state index contributed by atoms with van der Waals surface area (Å²) in [7, 11) is 0. The number of nitrogens with two attached hydrogens (primary N) is 1. The van der Waals surface area contributed by atoms with Gasteiger partial charge in [0.15, 0.2) is 0 Å². The average molecular weight is 254 g/mol. The summed E-state index contributed by atoms with van der Waals surface area (Å²) in [5, 5.41) is 0. The molecule has 1 saturated heterocycles. The van der Waals surface area contributed by atoms with Crippen LogP contribution < -0.4 is 5.73 Å². The van der Waals surface area contributed by atoms with Crippen molar-refractivity contribution in [2.75, 3.05) is 19.6 Å². The minimum Gasteiger partial charge on any atom is -0.326 e. The molecule has 0 spiro atoms. The van der Waals surface area contributed by atoms with Gasteiger partial charge in [-0.2, -0.15) is 0 Å². The van der Waals surface area contributed by atoms with Gasteiger partial charge < -0.3 is 10.6 Å². The number of rotatable bonds is 2. The van der Waals surface area contributed by atoms with Crippen LogP contribution in [-0.2, 0) is 0 Å². The highest BCUT2D eigenvalue weighted by molar-refractivity contribution is 4.83. The molecule has 0 aromatic rings. The molecular formula is C16H34N2. The minimum absolute atomic E-state index is 0.218. The van der Waals surface area contributed by atoms with Gasteiger partial charge in [0.1, 0.15) is 0 Å². The van der Waals surface area contributed by atoms with Crippen molar-refractivity contribution in [1.29, 1.82) is 0 Å². The molecule has 0 amide bonds. The Morgan fingerprint density at radius 2 is 1.67 bits per heavy atom. The third-order valence-electron chi connectivity index (χ3n) is 4.61. The van der Waals surface area contributed by atoms with Crippen LogP contribution in [0.15, 0.2) is 0 Å². The molecule has 0 aromatic heterocycles. The average Bonchev–Trinajstić information content (AvgIpc) is 2.40. The van der Waals surface area contributed by atoms with E-state index in [1.807, 2.05) is 0 Å². The summed E-state index contributed by atoms with van der Waals surface area (Å²) >= 11 is 0. The maximum atomic E-state index is 6.31. The highest BCUT2D eigenvalue weighted by atomic mass is 15.1. The first-order valence-corrected chi connectivity index (χ1v) is 7.58. The van der Waals surface area contributed by atoms with Crippen LogP contribution >= 0.6 is 0 Å². The standard InChI is InChI=1S/C16H34N2/c1-15(2,3)13-8-7-10-18(11-9-13)12-14(17)16(4,5)6/h13-14H,7-12,17H2,1-6H3. The van der Waals surface area contributed by atoms with Crippen LogP contribution in [-0.4, -0.2) is 30.6 Å². The lowest BCUT2D eigenvalue weighted by molar-refractivity contribution is 0.186. The number of hydrogen-bond acceptors (Lipinski definition) is 2. The first-order valence-electron chi connectivity index (χ1n) is 7.58. The topological polar surface area (TPSA) is 29.3 Å². The molecule has 1 fully saturated rings. The van der Waals surface area contributed by atoms with E-state index in [0.29, 0.717) is 5.41 Å². The number of hydrogen-bond donors (Lipinski definition) is 1. The summed E-state index contributed by atoms with van der Waals surface area (Å²) in [6, 6.07) is 0.281. The van der Waals surface area contributed by atoms with Crippen molar-refractivity contribution in [1.82, 2.24) is 4.90 Å². The molecule has 2 nitrogen and oxygen atoms in total. The van der Waals surface area contributed by atoms with Crippen molar-refractivity contribution >= 4 is 0 Å². The van der Waals surface area contributed by atoms with E-state index >= 15 is 0 Å². The fraction of sp³-hybridized carbons (Fsp3) is 1.00. The Labute approximate surface area is 114 Å². The molecule has 1 aliphatic rings. The quantitative estimate of drug-likeness (QED) is 0.817. The monoisotopic (exact) mass is 254 g/mol. The van der Waals surface area contributed by atoms with Crippen LogP contribution in [0.5, 0.6) is 0 Å². The second-order valence-electron chi connectivity index (χ2n) is 8.27. The van der Waals surface area contributed by atoms with Gasteiger partial charge >= 0.3 is 0 Å². The van der Waals surface area contributed by atoms with E-state index in [4.69, 9.17) is 5.73 Å². The molecule has 2 atom stereocenters. The van der Waals surface area contributed by atoms with Gasteiger partial charge in [-0.25, -0.2) is 0 Å². The first-order chi connectivity index (χ1) is 8.10. The van der Waals surface area contributed by atoms with Gasteiger partial charge in [-0.3, -0.25) is 0 Å². The third-order valence-corrected chi connectivity index (χ3v) is 4.61. The van der Waals surface area contributed by atoms with E-state index in [-0.39, 0.29) is 11.5 Å². The molecule has 0 aromatic carbocycles. The lowest BCUT2D eigenvalue weighted by Gasteiger charge is -2.33. The van der Waals surface area contributed by atoms with Crippen molar-refractivity contribution in [3.63, 3.8) is 0 Å². The minimum atomic E-state index is 0.218. The second-order valence-corrected chi connectivity index (χ2v) is 8.27. The van der Waals surface area contributed by atoms with Crippen LogP contribution in [0.1, 0.15) is 60.8 Å². The third kappa shape index (κ3) is 4.89. The predicted octanol–water partition coefficient (Wildman–Crippen LogP) is 3.51. The summed E-state index contributed by atoms with van der Waals surface area (Å²) in [5.41, 5.74) is 6.99. The van der Waals surface area contributed by atoms with Crippen molar-refractivity contribution < 1.29 is 0 Å². The fourth-order valence-corrected chi connectivity index (χ4v) is 2.76. The SMILES string of the molecule is CC(C)(C)C(N)CN1CCCC(C(C)(C)C)CC1. The Morgan fingerprint density at radius 3 is 2.17 bits per heavy atom. The van der Waals surface area contributed by atoms with Gasteiger partial charge in [-0.05, 0) is 49.1 Å². The van der Waals surface area contributed by atoms with Gasteiger partial charge in [0.2, 0.25) is 0 Å². The van der Waals surface area contributed by atoms with E-state index in [1.54, 1.807) is 0 Å². The molecule has 0 radical (unpaired) electrons. The molecule has 0 saturated carbocycles. The Bertz CT molecular complexity index is 247. The van der Waals surface area contributed by atoms with E-state index in [2.05, 4.69) is 46.4 Å². The summed E-state index contributed by atoms with van der Waals surface area (Å²) in [5.74, 6) is 0.869.